The maximum atomic E-state index is 4.10. The Morgan fingerprint density at radius 2 is 2.22 bits per heavy atom. The predicted molar refractivity (Wildman–Crippen MR) is 80.9 cm³/mol. The van der Waals surface area contributed by atoms with Crippen molar-refractivity contribution in [3.05, 3.63) is 31.1 Å². The summed E-state index contributed by atoms with van der Waals surface area (Å²) in [4.78, 5) is 1.24. The largest absolute Gasteiger partial charge is 0.305 e. The molecule has 2 rings (SSSR count). The SMILES string of the molecule is CCNC(c1cc(Br)c(Br)s1)c1cnnn1CC. The second kappa shape index (κ2) is 6.27. The number of nitrogens with zero attached hydrogens (tertiary/aromatic N) is 3. The molecule has 0 saturated carbocycles. The standard InChI is InChI=1S/C11H14Br2N4S/c1-3-14-10(8-6-15-16-17(8)4-2)9-5-7(12)11(13)18-9/h5-6,10,14H,3-4H2,1-2H3. The summed E-state index contributed by atoms with van der Waals surface area (Å²) >= 11 is 8.79. The van der Waals surface area contributed by atoms with Crippen LogP contribution in [0, 0.1) is 0 Å². The van der Waals surface area contributed by atoms with Gasteiger partial charge >= 0.3 is 0 Å². The summed E-state index contributed by atoms with van der Waals surface area (Å²) in [5.74, 6) is 0. The van der Waals surface area contributed by atoms with Crippen LogP contribution >= 0.6 is 43.2 Å². The summed E-state index contributed by atoms with van der Waals surface area (Å²) < 4.78 is 4.12. The van der Waals surface area contributed by atoms with E-state index in [9.17, 15) is 0 Å². The fourth-order valence-corrected chi connectivity index (χ4v) is 3.97. The van der Waals surface area contributed by atoms with Crippen molar-refractivity contribution in [3.63, 3.8) is 0 Å². The van der Waals surface area contributed by atoms with E-state index in [-0.39, 0.29) is 6.04 Å². The lowest BCUT2D eigenvalue weighted by molar-refractivity contribution is 0.539. The van der Waals surface area contributed by atoms with Gasteiger partial charge in [-0.2, -0.15) is 0 Å². The van der Waals surface area contributed by atoms with Gasteiger partial charge in [0, 0.05) is 15.9 Å². The van der Waals surface area contributed by atoms with Crippen LogP contribution in [0.4, 0.5) is 0 Å². The van der Waals surface area contributed by atoms with Crippen LogP contribution in [0.1, 0.15) is 30.5 Å². The number of rotatable bonds is 5. The Kier molecular flexibility index (Phi) is 4.94. The van der Waals surface area contributed by atoms with Gasteiger partial charge in [0.05, 0.1) is 21.7 Å². The van der Waals surface area contributed by atoms with Crippen LogP contribution in [0.25, 0.3) is 0 Å². The average molecular weight is 394 g/mol. The maximum Gasteiger partial charge on any atom is 0.0859 e. The van der Waals surface area contributed by atoms with Gasteiger partial charge in [-0.25, -0.2) is 4.68 Å². The third-order valence-corrected chi connectivity index (χ3v) is 5.92. The van der Waals surface area contributed by atoms with E-state index in [4.69, 9.17) is 0 Å². The van der Waals surface area contributed by atoms with Crippen molar-refractivity contribution < 1.29 is 0 Å². The smallest absolute Gasteiger partial charge is 0.0859 e. The zero-order chi connectivity index (χ0) is 13.1. The van der Waals surface area contributed by atoms with Crippen LogP contribution < -0.4 is 5.32 Å². The van der Waals surface area contributed by atoms with Gasteiger partial charge in [-0.3, -0.25) is 0 Å². The zero-order valence-corrected chi connectivity index (χ0v) is 14.1. The minimum absolute atomic E-state index is 0.137. The molecule has 1 N–H and O–H groups in total. The predicted octanol–water partition coefficient (Wildman–Crippen LogP) is 3.58. The van der Waals surface area contributed by atoms with Crippen molar-refractivity contribution in [1.82, 2.24) is 20.3 Å². The van der Waals surface area contributed by atoms with Gasteiger partial charge in [0.25, 0.3) is 0 Å². The highest BCUT2D eigenvalue weighted by Crippen LogP contribution is 2.37. The Hall–Kier alpha value is -0.240. The molecular weight excluding hydrogens is 380 g/mol. The fourth-order valence-electron chi connectivity index (χ4n) is 1.80. The van der Waals surface area contributed by atoms with E-state index in [0.29, 0.717) is 0 Å². The summed E-state index contributed by atoms with van der Waals surface area (Å²) in [6, 6.07) is 2.27. The second-order valence-corrected chi connectivity index (χ2v) is 6.99. The molecular formula is C11H14Br2N4S. The van der Waals surface area contributed by atoms with E-state index in [1.807, 2.05) is 10.9 Å². The molecule has 0 amide bonds. The van der Waals surface area contributed by atoms with Crippen LogP contribution in [0.3, 0.4) is 0 Å². The number of aryl methyl sites for hydroxylation is 1. The Morgan fingerprint density at radius 3 is 2.78 bits per heavy atom. The topological polar surface area (TPSA) is 42.7 Å². The first-order valence-electron chi connectivity index (χ1n) is 5.73. The molecule has 1 unspecified atom stereocenters. The molecule has 7 heteroatoms. The number of hydrogen-bond acceptors (Lipinski definition) is 4. The van der Waals surface area contributed by atoms with E-state index >= 15 is 0 Å². The lowest BCUT2D eigenvalue weighted by atomic mass is 10.2. The van der Waals surface area contributed by atoms with E-state index < -0.39 is 0 Å². The van der Waals surface area contributed by atoms with Crippen molar-refractivity contribution in [1.29, 1.82) is 0 Å². The van der Waals surface area contributed by atoms with E-state index in [2.05, 4.69) is 67.4 Å². The fraction of sp³-hybridized carbons (Fsp3) is 0.455. The first-order chi connectivity index (χ1) is 8.67. The van der Waals surface area contributed by atoms with Gasteiger partial charge in [0.15, 0.2) is 0 Å². The van der Waals surface area contributed by atoms with Crippen molar-refractivity contribution in [2.24, 2.45) is 0 Å². The Labute approximate surface area is 127 Å². The molecule has 0 fully saturated rings. The molecule has 2 aromatic rings. The Bertz CT molecular complexity index is 503. The molecule has 0 aliphatic rings. The first kappa shape index (κ1) is 14.2. The van der Waals surface area contributed by atoms with E-state index in [1.165, 1.54) is 4.88 Å². The third kappa shape index (κ3) is 2.84. The number of aromatic nitrogens is 3. The van der Waals surface area contributed by atoms with Crippen molar-refractivity contribution in [2.45, 2.75) is 26.4 Å². The van der Waals surface area contributed by atoms with Crippen molar-refractivity contribution in [2.75, 3.05) is 6.54 Å². The van der Waals surface area contributed by atoms with Crippen LogP contribution in [0.15, 0.2) is 20.5 Å². The minimum atomic E-state index is 0.137. The van der Waals surface area contributed by atoms with Gasteiger partial charge in [0.2, 0.25) is 0 Å². The van der Waals surface area contributed by atoms with Crippen LogP contribution in [0.5, 0.6) is 0 Å². The minimum Gasteiger partial charge on any atom is -0.305 e. The number of halogens is 2. The lowest BCUT2D eigenvalue weighted by Gasteiger charge is -2.16. The quantitative estimate of drug-likeness (QED) is 0.843. The number of hydrogen-bond donors (Lipinski definition) is 1. The highest BCUT2D eigenvalue weighted by molar-refractivity contribution is 9.13. The van der Waals surface area contributed by atoms with Gasteiger partial charge in [-0.15, -0.1) is 16.4 Å². The van der Waals surface area contributed by atoms with Gasteiger partial charge in [-0.05, 0) is 51.4 Å². The maximum absolute atomic E-state index is 4.10. The van der Waals surface area contributed by atoms with Gasteiger partial charge in [0.1, 0.15) is 0 Å². The molecule has 98 valence electrons. The van der Waals surface area contributed by atoms with Crippen molar-refractivity contribution in [3.8, 4) is 0 Å². The molecule has 0 radical (unpaired) electrons. The summed E-state index contributed by atoms with van der Waals surface area (Å²) in [5.41, 5.74) is 1.10. The normalized spacial score (nSPS) is 12.9. The summed E-state index contributed by atoms with van der Waals surface area (Å²) in [7, 11) is 0. The van der Waals surface area contributed by atoms with Crippen molar-refractivity contribution >= 4 is 43.2 Å². The Morgan fingerprint density at radius 1 is 1.44 bits per heavy atom. The number of nitrogens with one attached hydrogen (secondary N) is 1. The van der Waals surface area contributed by atoms with E-state index in [1.54, 1.807) is 11.3 Å². The van der Waals surface area contributed by atoms with Crippen LogP contribution in [-0.4, -0.2) is 21.5 Å². The molecule has 4 nitrogen and oxygen atoms in total. The molecule has 0 bridgehead atoms. The molecule has 0 spiro atoms. The van der Waals surface area contributed by atoms with Gasteiger partial charge in [-0.1, -0.05) is 12.1 Å². The first-order valence-corrected chi connectivity index (χ1v) is 8.14. The lowest BCUT2D eigenvalue weighted by Crippen LogP contribution is -2.24. The third-order valence-electron chi connectivity index (χ3n) is 2.60. The summed E-state index contributed by atoms with van der Waals surface area (Å²) in [6.45, 7) is 5.89. The highest BCUT2D eigenvalue weighted by atomic mass is 79.9. The monoisotopic (exact) mass is 392 g/mol. The average Bonchev–Trinajstić information content (AvgIpc) is 2.94. The summed E-state index contributed by atoms with van der Waals surface area (Å²) in [5, 5.41) is 11.6. The highest BCUT2D eigenvalue weighted by Gasteiger charge is 2.20. The number of thiophene rings is 1. The zero-order valence-electron chi connectivity index (χ0n) is 10.2. The molecule has 0 saturated heterocycles. The molecule has 1 atom stereocenters. The molecule has 0 aliphatic heterocycles. The van der Waals surface area contributed by atoms with Crippen LogP contribution in [-0.2, 0) is 6.54 Å². The second-order valence-electron chi connectivity index (χ2n) is 3.74. The molecule has 2 aromatic heterocycles. The van der Waals surface area contributed by atoms with Crippen LogP contribution in [0.2, 0.25) is 0 Å². The summed E-state index contributed by atoms with van der Waals surface area (Å²) in [6.07, 6.45) is 1.83. The molecule has 0 aromatic carbocycles. The molecule has 0 aliphatic carbocycles. The van der Waals surface area contributed by atoms with Gasteiger partial charge < -0.3 is 5.32 Å². The molecule has 2 heterocycles. The molecule has 18 heavy (non-hydrogen) atoms. The Balaban J connectivity index is 2.39. The van der Waals surface area contributed by atoms with E-state index in [0.717, 1.165) is 27.0 Å².